The van der Waals surface area contributed by atoms with Crippen molar-refractivity contribution in [2.24, 2.45) is 0 Å². The van der Waals surface area contributed by atoms with Gasteiger partial charge in [-0.05, 0) is 31.2 Å². The van der Waals surface area contributed by atoms with Gasteiger partial charge in [0.1, 0.15) is 11.1 Å². The fraction of sp³-hybridized carbons (Fsp3) is 0.467. The normalized spacial score (nSPS) is 16.5. The zero-order valence-corrected chi connectivity index (χ0v) is 13.7. The third kappa shape index (κ3) is 3.55. The minimum atomic E-state index is -0.0249. The molecule has 0 bridgehead atoms. The molecule has 1 saturated heterocycles. The third-order valence-corrected chi connectivity index (χ3v) is 4.74. The predicted octanol–water partition coefficient (Wildman–Crippen LogP) is 2.40. The number of hydrogen-bond donors (Lipinski definition) is 2. The number of benzene rings is 1. The van der Waals surface area contributed by atoms with Crippen LogP contribution in [0, 0.1) is 0 Å². The smallest absolute Gasteiger partial charge is 0.210 e. The molecule has 6 nitrogen and oxygen atoms in total. The molecule has 2 aromatic rings. The summed E-state index contributed by atoms with van der Waals surface area (Å²) >= 11 is 1.52. The van der Waals surface area contributed by atoms with Gasteiger partial charge in [-0.1, -0.05) is 11.3 Å². The quantitative estimate of drug-likeness (QED) is 0.882. The maximum atomic E-state index is 5.25. The van der Waals surface area contributed by atoms with Gasteiger partial charge in [0.2, 0.25) is 5.13 Å². The summed E-state index contributed by atoms with van der Waals surface area (Å²) in [7, 11) is 1.67. The molecule has 1 aliphatic heterocycles. The summed E-state index contributed by atoms with van der Waals surface area (Å²) in [6, 6.07) is 8.46. The Balaban J connectivity index is 1.64. The van der Waals surface area contributed by atoms with Gasteiger partial charge in [0.25, 0.3) is 0 Å². The van der Waals surface area contributed by atoms with Crippen molar-refractivity contribution in [3.05, 3.63) is 29.3 Å². The van der Waals surface area contributed by atoms with Gasteiger partial charge in [-0.3, -0.25) is 0 Å². The summed E-state index contributed by atoms with van der Waals surface area (Å²) in [5, 5.41) is 16.6. The Kier molecular flexibility index (Phi) is 4.87. The first kappa shape index (κ1) is 15.2. The highest BCUT2D eigenvalue weighted by Crippen LogP contribution is 2.27. The van der Waals surface area contributed by atoms with E-state index in [-0.39, 0.29) is 6.10 Å². The third-order valence-electron chi connectivity index (χ3n) is 3.74. The Morgan fingerprint density at radius 1 is 1.23 bits per heavy atom. The standard InChI is InChI=1S/C15H21N5OS/c1-11(21-2)14-18-19-15(22-14)17-12-3-5-13(6-4-12)20-9-7-16-8-10-20/h3-6,11,16H,7-10H2,1-2H3,(H,17,19). The average molecular weight is 319 g/mol. The molecule has 0 saturated carbocycles. The van der Waals surface area contributed by atoms with Gasteiger partial charge in [-0.2, -0.15) is 0 Å². The van der Waals surface area contributed by atoms with Gasteiger partial charge in [-0.25, -0.2) is 0 Å². The summed E-state index contributed by atoms with van der Waals surface area (Å²) in [4.78, 5) is 2.39. The molecule has 1 aliphatic rings. The van der Waals surface area contributed by atoms with Crippen molar-refractivity contribution in [3.63, 3.8) is 0 Å². The SMILES string of the molecule is COC(C)c1nnc(Nc2ccc(N3CCNCC3)cc2)s1. The monoisotopic (exact) mass is 319 g/mol. The fourth-order valence-electron chi connectivity index (χ4n) is 2.35. The number of rotatable bonds is 5. The Morgan fingerprint density at radius 2 is 1.95 bits per heavy atom. The van der Waals surface area contributed by atoms with Crippen LogP contribution in [0.25, 0.3) is 0 Å². The number of hydrogen-bond acceptors (Lipinski definition) is 7. The largest absolute Gasteiger partial charge is 0.374 e. The van der Waals surface area contributed by atoms with Crippen LogP contribution >= 0.6 is 11.3 Å². The second-order valence-corrected chi connectivity index (χ2v) is 6.24. The summed E-state index contributed by atoms with van der Waals surface area (Å²) < 4.78 is 5.25. The second kappa shape index (κ2) is 7.04. The first-order valence-electron chi connectivity index (χ1n) is 7.45. The molecule has 118 valence electrons. The van der Waals surface area contributed by atoms with Gasteiger partial charge < -0.3 is 20.3 Å². The highest BCUT2D eigenvalue weighted by molar-refractivity contribution is 7.15. The molecular formula is C15H21N5OS. The molecule has 1 aromatic carbocycles. The molecule has 7 heteroatoms. The number of anilines is 3. The maximum absolute atomic E-state index is 5.25. The van der Waals surface area contributed by atoms with Gasteiger partial charge in [-0.15, -0.1) is 10.2 Å². The molecule has 0 radical (unpaired) electrons. The Morgan fingerprint density at radius 3 is 2.64 bits per heavy atom. The molecule has 0 amide bonds. The van der Waals surface area contributed by atoms with E-state index in [1.165, 1.54) is 17.0 Å². The summed E-state index contributed by atoms with van der Waals surface area (Å²) in [6.07, 6.45) is -0.0249. The number of piperazine rings is 1. The first-order valence-corrected chi connectivity index (χ1v) is 8.27. The predicted molar refractivity (Wildman–Crippen MR) is 90.1 cm³/mol. The van der Waals surface area contributed by atoms with E-state index in [0.717, 1.165) is 42.0 Å². The van der Waals surface area contributed by atoms with Crippen molar-refractivity contribution in [2.45, 2.75) is 13.0 Å². The molecule has 2 heterocycles. The van der Waals surface area contributed by atoms with Crippen LogP contribution in [0.2, 0.25) is 0 Å². The van der Waals surface area contributed by atoms with Crippen LogP contribution in [0.15, 0.2) is 24.3 Å². The van der Waals surface area contributed by atoms with Crippen molar-refractivity contribution in [3.8, 4) is 0 Å². The topological polar surface area (TPSA) is 62.3 Å². The van der Waals surface area contributed by atoms with Crippen molar-refractivity contribution in [1.82, 2.24) is 15.5 Å². The van der Waals surface area contributed by atoms with E-state index in [1.807, 2.05) is 6.92 Å². The van der Waals surface area contributed by atoms with Crippen molar-refractivity contribution in [2.75, 3.05) is 43.5 Å². The maximum Gasteiger partial charge on any atom is 0.210 e. The van der Waals surface area contributed by atoms with Gasteiger partial charge in [0, 0.05) is 44.7 Å². The second-order valence-electron chi connectivity index (χ2n) is 5.23. The van der Waals surface area contributed by atoms with Crippen LogP contribution in [0.4, 0.5) is 16.5 Å². The zero-order valence-electron chi connectivity index (χ0n) is 12.9. The molecule has 1 unspecified atom stereocenters. The van der Waals surface area contributed by atoms with Crippen LogP contribution in [0.3, 0.4) is 0 Å². The molecule has 22 heavy (non-hydrogen) atoms. The van der Waals surface area contributed by atoms with E-state index in [1.54, 1.807) is 7.11 Å². The van der Waals surface area contributed by atoms with Crippen LogP contribution in [-0.2, 0) is 4.74 Å². The van der Waals surface area contributed by atoms with Crippen molar-refractivity contribution < 1.29 is 4.74 Å². The van der Waals surface area contributed by atoms with Gasteiger partial charge in [0.05, 0.1) is 0 Å². The lowest BCUT2D eigenvalue weighted by Gasteiger charge is -2.29. The summed E-state index contributed by atoms with van der Waals surface area (Å²) in [6.45, 7) is 6.17. The molecule has 1 atom stereocenters. The Bertz CT molecular complexity index is 594. The minimum absolute atomic E-state index is 0.0249. The lowest BCUT2D eigenvalue weighted by atomic mass is 10.2. The number of methoxy groups -OCH3 is 1. The van der Waals surface area contributed by atoms with E-state index >= 15 is 0 Å². The summed E-state index contributed by atoms with van der Waals surface area (Å²) in [5.41, 5.74) is 2.28. The highest BCUT2D eigenvalue weighted by Gasteiger charge is 2.12. The summed E-state index contributed by atoms with van der Waals surface area (Å²) in [5.74, 6) is 0. The van der Waals surface area contributed by atoms with E-state index < -0.39 is 0 Å². The van der Waals surface area contributed by atoms with Crippen LogP contribution in [-0.4, -0.2) is 43.5 Å². The Labute approximate surface area is 134 Å². The minimum Gasteiger partial charge on any atom is -0.374 e. The molecular weight excluding hydrogens is 298 g/mol. The molecule has 0 spiro atoms. The van der Waals surface area contributed by atoms with Gasteiger partial charge in [0.15, 0.2) is 0 Å². The van der Waals surface area contributed by atoms with E-state index in [0.29, 0.717) is 0 Å². The van der Waals surface area contributed by atoms with Crippen LogP contribution in [0.1, 0.15) is 18.0 Å². The van der Waals surface area contributed by atoms with Gasteiger partial charge >= 0.3 is 0 Å². The molecule has 1 aromatic heterocycles. The van der Waals surface area contributed by atoms with E-state index in [4.69, 9.17) is 4.74 Å². The number of aromatic nitrogens is 2. The Hall–Kier alpha value is -1.70. The highest BCUT2D eigenvalue weighted by atomic mass is 32.1. The van der Waals surface area contributed by atoms with Crippen molar-refractivity contribution >= 4 is 27.8 Å². The van der Waals surface area contributed by atoms with E-state index in [2.05, 4.69) is 50.0 Å². The van der Waals surface area contributed by atoms with Crippen molar-refractivity contribution in [1.29, 1.82) is 0 Å². The van der Waals surface area contributed by atoms with E-state index in [9.17, 15) is 0 Å². The molecule has 0 aliphatic carbocycles. The first-order chi connectivity index (χ1) is 10.8. The lowest BCUT2D eigenvalue weighted by Crippen LogP contribution is -2.43. The average Bonchev–Trinajstić information content (AvgIpc) is 3.04. The molecule has 2 N–H and O–H groups in total. The molecule has 3 rings (SSSR count). The lowest BCUT2D eigenvalue weighted by molar-refractivity contribution is 0.118. The van der Waals surface area contributed by atoms with Crippen LogP contribution in [0.5, 0.6) is 0 Å². The van der Waals surface area contributed by atoms with Crippen LogP contribution < -0.4 is 15.5 Å². The molecule has 1 fully saturated rings. The zero-order chi connectivity index (χ0) is 15.4. The number of nitrogens with zero attached hydrogens (tertiary/aromatic N) is 3. The number of nitrogens with one attached hydrogen (secondary N) is 2. The number of ether oxygens (including phenoxy) is 1. The fourth-order valence-corrected chi connectivity index (χ4v) is 3.14.